The zero-order valence-electron chi connectivity index (χ0n) is 14.8. The molecule has 1 aromatic carbocycles. The molecule has 2 aliphatic heterocycles. The molecule has 0 aliphatic carbocycles. The Morgan fingerprint density at radius 1 is 0.923 bits per heavy atom. The van der Waals surface area contributed by atoms with Crippen molar-refractivity contribution in [3.8, 4) is 0 Å². The number of hydrogen-bond donors (Lipinski definition) is 3. The minimum Gasteiger partial charge on any atom is -0.382 e. The van der Waals surface area contributed by atoms with Crippen LogP contribution >= 0.6 is 24.8 Å². The molecule has 148 valence electrons. The highest BCUT2D eigenvalue weighted by Crippen LogP contribution is 2.20. The van der Waals surface area contributed by atoms with Crippen LogP contribution in [0.5, 0.6) is 0 Å². The lowest BCUT2D eigenvalue weighted by atomic mass is 9.92. The van der Waals surface area contributed by atoms with Gasteiger partial charge in [-0.25, -0.2) is 0 Å². The molecule has 1 aromatic rings. The normalized spacial score (nSPS) is 19.6. The van der Waals surface area contributed by atoms with Gasteiger partial charge in [0.15, 0.2) is 0 Å². The predicted octanol–water partition coefficient (Wildman–Crippen LogP) is 2.81. The van der Waals surface area contributed by atoms with E-state index in [2.05, 4.69) is 10.6 Å². The van der Waals surface area contributed by atoms with Gasteiger partial charge < -0.3 is 25.8 Å². The summed E-state index contributed by atoms with van der Waals surface area (Å²) >= 11 is 0. The summed E-state index contributed by atoms with van der Waals surface area (Å²) in [5.41, 5.74) is 7.94. The Labute approximate surface area is 167 Å². The van der Waals surface area contributed by atoms with E-state index >= 15 is 0 Å². The highest BCUT2D eigenvalue weighted by atomic mass is 35.5. The smallest absolute Gasteiger partial charge is 0.241 e. The predicted molar refractivity (Wildman–Crippen MR) is 109 cm³/mol. The van der Waals surface area contributed by atoms with Crippen LogP contribution in [-0.2, 0) is 14.3 Å². The molecule has 0 saturated carbocycles. The molecule has 2 saturated heterocycles. The van der Waals surface area contributed by atoms with Gasteiger partial charge in [0.05, 0.1) is 6.04 Å². The van der Waals surface area contributed by atoms with Crippen LogP contribution in [0.1, 0.15) is 25.7 Å². The molecular formula is C18H29Cl2N3O3. The largest absolute Gasteiger partial charge is 0.382 e. The maximum Gasteiger partial charge on any atom is 0.241 e. The molecule has 8 heteroatoms. The fourth-order valence-electron chi connectivity index (χ4n) is 3.24. The number of anilines is 2. The molecule has 4 N–H and O–H groups in total. The Morgan fingerprint density at radius 2 is 1.42 bits per heavy atom. The average molecular weight is 406 g/mol. The number of rotatable bonds is 5. The molecule has 2 aliphatic rings. The molecule has 0 bridgehead atoms. The lowest BCUT2D eigenvalue weighted by Crippen LogP contribution is -2.43. The molecule has 2 heterocycles. The summed E-state index contributed by atoms with van der Waals surface area (Å²) in [4.78, 5) is 12.3. The van der Waals surface area contributed by atoms with E-state index in [1.165, 1.54) is 0 Å². The van der Waals surface area contributed by atoms with Crippen molar-refractivity contribution in [1.29, 1.82) is 0 Å². The molecular weight excluding hydrogens is 377 g/mol. The summed E-state index contributed by atoms with van der Waals surface area (Å²) in [6, 6.07) is 7.79. The van der Waals surface area contributed by atoms with E-state index in [0.717, 1.165) is 50.3 Å². The third-order valence-electron chi connectivity index (χ3n) is 4.82. The third kappa shape index (κ3) is 6.59. The zero-order valence-corrected chi connectivity index (χ0v) is 16.4. The SMILES string of the molecule is Cl.Cl.NC(C(=O)Nc1ccc(NC2CCOCC2)cc1)C1CCOCC1. The molecule has 0 spiro atoms. The van der Waals surface area contributed by atoms with Crippen LogP contribution in [0.15, 0.2) is 24.3 Å². The molecule has 26 heavy (non-hydrogen) atoms. The minimum atomic E-state index is -0.478. The van der Waals surface area contributed by atoms with Crippen LogP contribution in [0, 0.1) is 5.92 Å². The number of amides is 1. The summed E-state index contributed by atoms with van der Waals surface area (Å²) in [6.07, 6.45) is 3.75. The molecule has 1 unspecified atom stereocenters. The van der Waals surface area contributed by atoms with Crippen molar-refractivity contribution in [2.75, 3.05) is 37.1 Å². The Hall–Kier alpha value is -1.05. The summed E-state index contributed by atoms with van der Waals surface area (Å²) in [6.45, 7) is 3.02. The number of halogens is 2. The average Bonchev–Trinajstić information content (AvgIpc) is 2.64. The number of benzene rings is 1. The second-order valence-electron chi connectivity index (χ2n) is 6.57. The van der Waals surface area contributed by atoms with Crippen LogP contribution in [0.4, 0.5) is 11.4 Å². The van der Waals surface area contributed by atoms with Gasteiger partial charge in [-0.05, 0) is 55.9 Å². The van der Waals surface area contributed by atoms with Gasteiger partial charge >= 0.3 is 0 Å². The summed E-state index contributed by atoms with van der Waals surface area (Å²) < 4.78 is 10.7. The van der Waals surface area contributed by atoms with Crippen molar-refractivity contribution in [1.82, 2.24) is 0 Å². The number of hydrogen-bond acceptors (Lipinski definition) is 5. The highest BCUT2D eigenvalue weighted by Gasteiger charge is 2.26. The second-order valence-corrected chi connectivity index (χ2v) is 6.57. The maximum absolute atomic E-state index is 12.3. The third-order valence-corrected chi connectivity index (χ3v) is 4.82. The molecule has 1 atom stereocenters. The lowest BCUT2D eigenvalue weighted by Gasteiger charge is -2.26. The quantitative estimate of drug-likeness (QED) is 0.700. The van der Waals surface area contributed by atoms with Crippen LogP contribution in [0.2, 0.25) is 0 Å². The maximum atomic E-state index is 12.3. The van der Waals surface area contributed by atoms with Crippen molar-refractivity contribution in [2.45, 2.75) is 37.8 Å². The van der Waals surface area contributed by atoms with Gasteiger partial charge in [0.25, 0.3) is 0 Å². The summed E-state index contributed by atoms with van der Waals surface area (Å²) in [5, 5.41) is 6.42. The van der Waals surface area contributed by atoms with Gasteiger partial charge in [-0.15, -0.1) is 24.8 Å². The zero-order chi connectivity index (χ0) is 16.8. The van der Waals surface area contributed by atoms with Crippen molar-refractivity contribution >= 4 is 42.1 Å². The van der Waals surface area contributed by atoms with Gasteiger partial charge in [-0.2, -0.15) is 0 Å². The monoisotopic (exact) mass is 405 g/mol. The fourth-order valence-corrected chi connectivity index (χ4v) is 3.24. The van der Waals surface area contributed by atoms with E-state index in [0.29, 0.717) is 19.3 Å². The van der Waals surface area contributed by atoms with E-state index < -0.39 is 6.04 Å². The molecule has 0 radical (unpaired) electrons. The Kier molecular flexibility index (Phi) is 10.3. The van der Waals surface area contributed by atoms with E-state index in [1.54, 1.807) is 0 Å². The van der Waals surface area contributed by atoms with Crippen molar-refractivity contribution in [3.05, 3.63) is 24.3 Å². The van der Waals surface area contributed by atoms with E-state index in [9.17, 15) is 4.79 Å². The molecule has 0 aromatic heterocycles. The van der Waals surface area contributed by atoms with E-state index in [-0.39, 0.29) is 36.6 Å². The van der Waals surface area contributed by atoms with E-state index in [1.807, 2.05) is 24.3 Å². The first-order chi connectivity index (χ1) is 11.7. The minimum absolute atomic E-state index is 0. The number of ether oxygens (including phenoxy) is 2. The molecule has 6 nitrogen and oxygen atoms in total. The molecule has 3 rings (SSSR count). The van der Waals surface area contributed by atoms with Gasteiger partial charge in [-0.3, -0.25) is 4.79 Å². The van der Waals surface area contributed by atoms with Gasteiger partial charge in [0.2, 0.25) is 5.91 Å². The van der Waals surface area contributed by atoms with Crippen molar-refractivity contribution in [3.63, 3.8) is 0 Å². The highest BCUT2D eigenvalue weighted by molar-refractivity contribution is 5.95. The number of carbonyl (C=O) groups excluding carboxylic acids is 1. The summed E-state index contributed by atoms with van der Waals surface area (Å²) in [5.74, 6) is 0.0836. The van der Waals surface area contributed by atoms with Gasteiger partial charge in [0.1, 0.15) is 0 Å². The Morgan fingerprint density at radius 3 is 2.00 bits per heavy atom. The van der Waals surface area contributed by atoms with E-state index in [4.69, 9.17) is 15.2 Å². The first-order valence-electron chi connectivity index (χ1n) is 8.81. The van der Waals surface area contributed by atoms with Gasteiger partial charge in [-0.1, -0.05) is 0 Å². The van der Waals surface area contributed by atoms with Crippen molar-refractivity contribution in [2.24, 2.45) is 11.7 Å². The van der Waals surface area contributed by atoms with Crippen LogP contribution in [0.3, 0.4) is 0 Å². The Balaban J connectivity index is 0.00000169. The standard InChI is InChI=1S/C18H27N3O3.2ClH/c19-17(13-5-9-23-10-6-13)18(22)21-15-3-1-14(2-4-15)20-16-7-11-24-12-8-16;;/h1-4,13,16-17,20H,5-12,19H2,(H,21,22);2*1H. The number of nitrogens with one attached hydrogen (secondary N) is 2. The first kappa shape index (κ1) is 23.0. The first-order valence-corrected chi connectivity index (χ1v) is 8.81. The van der Waals surface area contributed by atoms with Crippen molar-refractivity contribution < 1.29 is 14.3 Å². The number of carbonyl (C=O) groups is 1. The molecule has 1 amide bonds. The Bertz CT molecular complexity index is 533. The lowest BCUT2D eigenvalue weighted by molar-refractivity contribution is -0.119. The topological polar surface area (TPSA) is 85.6 Å². The number of nitrogens with two attached hydrogens (primary N) is 1. The van der Waals surface area contributed by atoms with Crippen LogP contribution < -0.4 is 16.4 Å². The molecule has 2 fully saturated rings. The fraction of sp³-hybridized carbons (Fsp3) is 0.611. The second kappa shape index (κ2) is 11.6. The van der Waals surface area contributed by atoms with Gasteiger partial charge in [0, 0.05) is 43.8 Å². The summed E-state index contributed by atoms with van der Waals surface area (Å²) in [7, 11) is 0. The van der Waals surface area contributed by atoms with Crippen LogP contribution in [-0.4, -0.2) is 44.4 Å². The van der Waals surface area contributed by atoms with Crippen LogP contribution in [0.25, 0.3) is 0 Å².